The van der Waals surface area contributed by atoms with Crippen molar-refractivity contribution < 1.29 is 19.4 Å². The van der Waals surface area contributed by atoms with Gasteiger partial charge in [-0.05, 0) is 69.6 Å². The number of fused-ring (bicyclic) bond motifs is 3. The smallest absolute Gasteiger partial charge is 0.146 e. The van der Waals surface area contributed by atoms with Crippen LogP contribution in [0.2, 0.25) is 0 Å². The van der Waals surface area contributed by atoms with E-state index < -0.39 is 11.0 Å². The Bertz CT molecular complexity index is 550. The molecule has 24 heavy (non-hydrogen) atoms. The van der Waals surface area contributed by atoms with Crippen LogP contribution in [0.1, 0.15) is 73.1 Å². The molecule has 4 nitrogen and oxygen atoms in total. The quantitative estimate of drug-likeness (QED) is 0.621. The lowest BCUT2D eigenvalue weighted by atomic mass is 9.41. The van der Waals surface area contributed by atoms with E-state index in [0.717, 1.165) is 38.4 Å². The van der Waals surface area contributed by atoms with Crippen molar-refractivity contribution >= 4 is 12.1 Å². The van der Waals surface area contributed by atoms with Crippen molar-refractivity contribution in [2.24, 2.45) is 22.2 Å². The number of carbonyl (C=O) groups excluding carboxylic acids is 2. The summed E-state index contributed by atoms with van der Waals surface area (Å²) in [7, 11) is 0. The van der Waals surface area contributed by atoms with Gasteiger partial charge in [0, 0.05) is 6.42 Å². The normalized spacial score (nSPS) is 49.2. The average molecular weight is 336 g/mol. The molecule has 1 saturated heterocycles. The first-order valence-corrected chi connectivity index (χ1v) is 9.36. The van der Waals surface area contributed by atoms with Crippen LogP contribution in [0.3, 0.4) is 0 Å². The Morgan fingerprint density at radius 2 is 1.83 bits per heavy atom. The molecule has 1 N–H and O–H groups in total. The fourth-order valence-electron chi connectivity index (χ4n) is 6.00. The van der Waals surface area contributed by atoms with Crippen molar-refractivity contribution in [2.75, 3.05) is 0 Å². The maximum absolute atomic E-state index is 12.6. The van der Waals surface area contributed by atoms with Gasteiger partial charge in [-0.15, -0.1) is 0 Å². The standard InChI is InChI=1S/C20H32O4/c1-17(2,23)15-8-10-18(3)13-6-7-14(22)20(5,12-21)19(13,4)11-9-16(18)24-15/h12-13,15-16,23H,6-11H2,1-5H3/t13-,15-,16-,18-,19-,20-/m0/s1. The second-order valence-electron chi connectivity index (χ2n) is 9.60. The average Bonchev–Trinajstić information content (AvgIpc) is 2.50. The topological polar surface area (TPSA) is 63.6 Å². The van der Waals surface area contributed by atoms with Gasteiger partial charge >= 0.3 is 0 Å². The van der Waals surface area contributed by atoms with Crippen molar-refractivity contribution in [1.82, 2.24) is 0 Å². The minimum atomic E-state index is -0.878. The second-order valence-corrected chi connectivity index (χ2v) is 9.60. The van der Waals surface area contributed by atoms with Gasteiger partial charge in [-0.3, -0.25) is 4.79 Å². The van der Waals surface area contributed by atoms with Gasteiger partial charge in [0.2, 0.25) is 0 Å². The summed E-state index contributed by atoms with van der Waals surface area (Å²) in [6.45, 7) is 9.90. The lowest BCUT2D eigenvalue weighted by molar-refractivity contribution is -0.243. The highest BCUT2D eigenvalue weighted by atomic mass is 16.5. The molecule has 0 radical (unpaired) electrons. The summed E-state index contributed by atoms with van der Waals surface area (Å²) in [6.07, 6.45) is 5.71. The Labute approximate surface area is 145 Å². The van der Waals surface area contributed by atoms with Gasteiger partial charge in [0.1, 0.15) is 12.1 Å². The number of carbonyl (C=O) groups is 2. The van der Waals surface area contributed by atoms with E-state index in [2.05, 4.69) is 13.8 Å². The van der Waals surface area contributed by atoms with E-state index in [4.69, 9.17) is 4.74 Å². The summed E-state index contributed by atoms with van der Waals surface area (Å²) >= 11 is 0. The molecule has 0 aromatic rings. The van der Waals surface area contributed by atoms with Gasteiger partial charge in [-0.25, -0.2) is 0 Å². The molecule has 0 unspecified atom stereocenters. The molecule has 4 heteroatoms. The van der Waals surface area contributed by atoms with E-state index in [9.17, 15) is 14.7 Å². The first-order valence-electron chi connectivity index (χ1n) is 9.36. The van der Waals surface area contributed by atoms with E-state index in [1.807, 2.05) is 20.8 Å². The fourth-order valence-corrected chi connectivity index (χ4v) is 6.00. The largest absolute Gasteiger partial charge is 0.388 e. The maximum atomic E-state index is 12.6. The van der Waals surface area contributed by atoms with E-state index in [-0.39, 0.29) is 28.8 Å². The second kappa shape index (κ2) is 5.38. The number of hydrogen-bond donors (Lipinski definition) is 1. The lowest BCUT2D eigenvalue weighted by Gasteiger charge is -2.64. The Hall–Kier alpha value is -0.740. The van der Waals surface area contributed by atoms with Gasteiger partial charge in [-0.1, -0.05) is 13.8 Å². The summed E-state index contributed by atoms with van der Waals surface area (Å²) in [5, 5.41) is 10.3. The van der Waals surface area contributed by atoms with Gasteiger partial charge in [0.05, 0.1) is 23.2 Å². The zero-order chi connectivity index (χ0) is 18.0. The predicted octanol–water partition coefficient (Wildman–Crippen LogP) is 3.30. The molecule has 1 aliphatic heterocycles. The van der Waals surface area contributed by atoms with Crippen LogP contribution in [0, 0.1) is 22.2 Å². The third-order valence-electron chi connectivity index (χ3n) is 7.95. The van der Waals surface area contributed by atoms with Gasteiger partial charge in [0.15, 0.2) is 0 Å². The number of ether oxygens (including phenoxy) is 1. The molecule has 3 fully saturated rings. The SMILES string of the molecule is CC(C)(O)[C@@H]1CC[C@]2(C)[C@H](CC[C@@]3(C)[C@H]2CCC(=O)[C@]3(C)C=O)O1. The van der Waals surface area contributed by atoms with Crippen molar-refractivity contribution in [2.45, 2.75) is 91.0 Å². The molecule has 0 aromatic heterocycles. The lowest BCUT2D eigenvalue weighted by Crippen LogP contribution is -2.64. The highest BCUT2D eigenvalue weighted by Gasteiger charge is 2.65. The van der Waals surface area contributed by atoms with Crippen LogP contribution in [0.25, 0.3) is 0 Å². The van der Waals surface area contributed by atoms with Crippen LogP contribution in [0.5, 0.6) is 0 Å². The third kappa shape index (κ3) is 2.25. The monoisotopic (exact) mass is 336 g/mol. The molecule has 3 aliphatic rings. The molecule has 0 aromatic carbocycles. The van der Waals surface area contributed by atoms with Crippen LogP contribution >= 0.6 is 0 Å². The van der Waals surface area contributed by atoms with Crippen molar-refractivity contribution in [3.63, 3.8) is 0 Å². The summed E-state index contributed by atoms with van der Waals surface area (Å²) in [5.74, 6) is 0.406. The Kier molecular flexibility index (Phi) is 4.05. The van der Waals surface area contributed by atoms with E-state index >= 15 is 0 Å². The zero-order valence-electron chi connectivity index (χ0n) is 15.7. The van der Waals surface area contributed by atoms with E-state index in [0.29, 0.717) is 12.3 Å². The predicted molar refractivity (Wildman–Crippen MR) is 91.5 cm³/mol. The summed E-state index contributed by atoms with van der Waals surface area (Å²) in [4.78, 5) is 24.5. The molecule has 6 atom stereocenters. The Morgan fingerprint density at radius 3 is 2.42 bits per heavy atom. The van der Waals surface area contributed by atoms with Crippen LogP contribution in [-0.2, 0) is 14.3 Å². The third-order valence-corrected chi connectivity index (χ3v) is 7.95. The molecular formula is C20H32O4. The Morgan fingerprint density at radius 1 is 1.17 bits per heavy atom. The summed E-state index contributed by atoms with van der Waals surface area (Å²) in [5.41, 5.74) is -2.03. The summed E-state index contributed by atoms with van der Waals surface area (Å²) < 4.78 is 6.36. The number of ketones is 1. The molecule has 3 rings (SSSR count). The van der Waals surface area contributed by atoms with Crippen LogP contribution in [0.4, 0.5) is 0 Å². The van der Waals surface area contributed by atoms with Gasteiger partial charge < -0.3 is 14.6 Å². The Balaban J connectivity index is 1.94. The molecule has 2 aliphatic carbocycles. The minimum absolute atomic E-state index is 0.0281. The molecule has 136 valence electrons. The number of hydrogen-bond acceptors (Lipinski definition) is 4. The van der Waals surface area contributed by atoms with Crippen molar-refractivity contribution in [3.8, 4) is 0 Å². The molecule has 0 bridgehead atoms. The van der Waals surface area contributed by atoms with Crippen LogP contribution in [0.15, 0.2) is 0 Å². The molecule has 0 amide bonds. The minimum Gasteiger partial charge on any atom is -0.388 e. The van der Waals surface area contributed by atoms with E-state index in [1.54, 1.807) is 0 Å². The number of rotatable bonds is 2. The van der Waals surface area contributed by atoms with E-state index in [1.165, 1.54) is 0 Å². The van der Waals surface area contributed by atoms with Gasteiger partial charge in [0.25, 0.3) is 0 Å². The van der Waals surface area contributed by atoms with Crippen molar-refractivity contribution in [1.29, 1.82) is 0 Å². The van der Waals surface area contributed by atoms with Crippen LogP contribution in [-0.4, -0.2) is 35.0 Å². The number of aliphatic hydroxyl groups is 1. The molecule has 1 heterocycles. The highest BCUT2D eigenvalue weighted by molar-refractivity contribution is 5.99. The number of aldehydes is 1. The fraction of sp³-hybridized carbons (Fsp3) is 0.900. The summed E-state index contributed by atoms with van der Waals surface area (Å²) in [6, 6.07) is 0. The first-order chi connectivity index (χ1) is 11.0. The van der Waals surface area contributed by atoms with Crippen molar-refractivity contribution in [3.05, 3.63) is 0 Å². The van der Waals surface area contributed by atoms with Crippen LogP contribution < -0.4 is 0 Å². The maximum Gasteiger partial charge on any atom is 0.146 e. The zero-order valence-corrected chi connectivity index (χ0v) is 15.7. The highest BCUT2D eigenvalue weighted by Crippen LogP contribution is 2.65. The first kappa shape index (κ1) is 18.1. The molecule has 2 saturated carbocycles. The van der Waals surface area contributed by atoms with Gasteiger partial charge in [-0.2, -0.15) is 0 Å². The molecule has 0 spiro atoms. The number of Topliss-reactive ketones (excluding diaryl/α,β-unsaturated/α-hetero) is 1. The molecular weight excluding hydrogens is 304 g/mol.